The summed E-state index contributed by atoms with van der Waals surface area (Å²) in [5.74, 6) is 1.22. The van der Waals surface area contributed by atoms with Crippen molar-refractivity contribution in [2.24, 2.45) is 0 Å². The molecule has 0 radical (unpaired) electrons. The van der Waals surface area contributed by atoms with Gasteiger partial charge in [0, 0.05) is 17.0 Å². The summed E-state index contributed by atoms with van der Waals surface area (Å²) < 4.78 is 11.4. The Morgan fingerprint density at radius 2 is 1.72 bits per heavy atom. The van der Waals surface area contributed by atoms with Gasteiger partial charge in [0.05, 0.1) is 12.2 Å². The topological polar surface area (TPSA) is 35.5 Å². The molecule has 1 heterocycles. The fourth-order valence-corrected chi connectivity index (χ4v) is 3.27. The molecule has 1 aromatic rings. The highest BCUT2D eigenvalue weighted by molar-refractivity contribution is 5.91. The van der Waals surface area contributed by atoms with Gasteiger partial charge in [-0.2, -0.15) is 0 Å². The molecular formula is C22H32O3. The smallest absolute Gasteiger partial charge is 0.338 e. The summed E-state index contributed by atoms with van der Waals surface area (Å²) in [7, 11) is 0. The van der Waals surface area contributed by atoms with Gasteiger partial charge in [0.1, 0.15) is 11.5 Å². The summed E-state index contributed by atoms with van der Waals surface area (Å²) in [6.07, 6.45) is 0. The first-order valence-corrected chi connectivity index (χ1v) is 9.12. The summed E-state index contributed by atoms with van der Waals surface area (Å²) in [6, 6.07) is 4.45. The van der Waals surface area contributed by atoms with Crippen molar-refractivity contribution in [1.82, 2.24) is 0 Å². The molecule has 0 saturated heterocycles. The molecule has 0 amide bonds. The van der Waals surface area contributed by atoms with Gasteiger partial charge in [0.2, 0.25) is 0 Å². The minimum absolute atomic E-state index is 0.0229. The molecule has 1 aromatic carbocycles. The van der Waals surface area contributed by atoms with Crippen LogP contribution in [0.1, 0.15) is 84.9 Å². The fraction of sp³-hybridized carbons (Fsp3) is 0.591. The van der Waals surface area contributed by atoms with E-state index in [1.54, 1.807) is 0 Å². The molecule has 1 aliphatic heterocycles. The van der Waals surface area contributed by atoms with Crippen molar-refractivity contribution in [3.63, 3.8) is 0 Å². The van der Waals surface area contributed by atoms with Gasteiger partial charge >= 0.3 is 5.97 Å². The highest BCUT2D eigenvalue weighted by atomic mass is 16.5. The number of hydrogen-bond donors (Lipinski definition) is 0. The van der Waals surface area contributed by atoms with Gasteiger partial charge in [0.25, 0.3) is 0 Å². The largest absolute Gasteiger partial charge is 0.463 e. The first-order valence-electron chi connectivity index (χ1n) is 9.12. The van der Waals surface area contributed by atoms with E-state index in [0.717, 1.165) is 11.3 Å². The molecular weight excluding hydrogens is 312 g/mol. The fourth-order valence-electron chi connectivity index (χ4n) is 3.27. The third-order valence-electron chi connectivity index (χ3n) is 4.82. The zero-order valence-corrected chi connectivity index (χ0v) is 17.2. The van der Waals surface area contributed by atoms with Gasteiger partial charge in [0.15, 0.2) is 0 Å². The van der Waals surface area contributed by atoms with Gasteiger partial charge < -0.3 is 9.47 Å². The summed E-state index contributed by atoms with van der Waals surface area (Å²) in [4.78, 5) is 12.4. The minimum atomic E-state index is -0.281. The molecule has 2 rings (SSSR count). The van der Waals surface area contributed by atoms with Crippen LogP contribution in [0.25, 0.3) is 0 Å². The molecule has 3 heteroatoms. The second-order valence-electron chi connectivity index (χ2n) is 8.96. The number of esters is 1. The van der Waals surface area contributed by atoms with E-state index in [-0.39, 0.29) is 22.7 Å². The van der Waals surface area contributed by atoms with Crippen molar-refractivity contribution in [2.75, 3.05) is 6.61 Å². The predicted octanol–water partition coefficient (Wildman–Crippen LogP) is 5.61. The van der Waals surface area contributed by atoms with Crippen LogP contribution >= 0.6 is 0 Å². The first kappa shape index (κ1) is 19.6. The van der Waals surface area contributed by atoms with Crippen molar-refractivity contribution in [2.45, 2.75) is 79.1 Å². The lowest BCUT2D eigenvalue weighted by Gasteiger charge is -2.34. The van der Waals surface area contributed by atoms with Gasteiger partial charge in [-0.25, -0.2) is 4.79 Å². The van der Waals surface area contributed by atoms with E-state index in [4.69, 9.17) is 9.47 Å². The quantitative estimate of drug-likeness (QED) is 0.654. The Hall–Kier alpha value is -1.77. The number of benzene rings is 1. The molecule has 1 aliphatic rings. The molecule has 0 fully saturated rings. The normalized spacial score (nSPS) is 17.9. The van der Waals surface area contributed by atoms with E-state index in [2.05, 4.69) is 60.6 Å². The van der Waals surface area contributed by atoms with E-state index >= 15 is 0 Å². The van der Waals surface area contributed by atoms with Crippen molar-refractivity contribution in [1.29, 1.82) is 0 Å². The Labute approximate surface area is 152 Å². The molecule has 25 heavy (non-hydrogen) atoms. The lowest BCUT2D eigenvalue weighted by molar-refractivity contribution is -0.139. The number of fused-ring (bicyclic) bond motifs is 1. The Balaban J connectivity index is 2.69. The van der Waals surface area contributed by atoms with Crippen molar-refractivity contribution < 1.29 is 14.3 Å². The second-order valence-corrected chi connectivity index (χ2v) is 8.96. The first-order chi connectivity index (χ1) is 11.4. The van der Waals surface area contributed by atoms with Crippen LogP contribution in [0.15, 0.2) is 23.5 Å². The Bertz CT molecular complexity index is 712. The molecule has 138 valence electrons. The zero-order valence-electron chi connectivity index (χ0n) is 17.2. The number of rotatable bonds is 2. The van der Waals surface area contributed by atoms with Crippen LogP contribution in [-0.4, -0.2) is 12.6 Å². The standard InChI is InChI=1S/C22H32O3/c1-10-24-20(23)18-13(2)16-11-15(21(4,5)6)12-17(22(7,8)9)19(16)25-14(18)3/h11-13H,10H2,1-9H3. The summed E-state index contributed by atoms with van der Waals surface area (Å²) in [6.45, 7) is 19.3. The minimum Gasteiger partial charge on any atom is -0.463 e. The van der Waals surface area contributed by atoms with E-state index in [0.29, 0.717) is 17.9 Å². The highest BCUT2D eigenvalue weighted by Gasteiger charge is 2.35. The molecule has 3 nitrogen and oxygen atoms in total. The number of allylic oxidation sites excluding steroid dienone is 1. The second kappa shape index (κ2) is 6.51. The van der Waals surface area contributed by atoms with Crippen LogP contribution in [0.4, 0.5) is 0 Å². The van der Waals surface area contributed by atoms with Crippen LogP contribution in [0, 0.1) is 0 Å². The van der Waals surface area contributed by atoms with E-state index in [1.165, 1.54) is 11.1 Å². The molecule has 1 atom stereocenters. The lowest BCUT2D eigenvalue weighted by atomic mass is 9.76. The monoisotopic (exact) mass is 344 g/mol. The van der Waals surface area contributed by atoms with Crippen LogP contribution in [-0.2, 0) is 20.4 Å². The summed E-state index contributed by atoms with van der Waals surface area (Å²) in [5, 5.41) is 0. The van der Waals surface area contributed by atoms with Gasteiger partial charge in [-0.05, 0) is 30.2 Å². The SMILES string of the molecule is CCOC(=O)C1=C(C)Oc2c(cc(C(C)(C)C)cc2C(C)(C)C)C1C. The summed E-state index contributed by atoms with van der Waals surface area (Å²) in [5.41, 5.74) is 4.12. The van der Waals surface area contributed by atoms with Gasteiger partial charge in [-0.15, -0.1) is 0 Å². The molecule has 0 spiro atoms. The molecule has 1 unspecified atom stereocenters. The van der Waals surface area contributed by atoms with Crippen molar-refractivity contribution in [3.05, 3.63) is 40.2 Å². The average molecular weight is 344 g/mol. The zero-order chi connectivity index (χ0) is 19.2. The molecule has 0 aromatic heterocycles. The number of hydrogen-bond acceptors (Lipinski definition) is 3. The third-order valence-corrected chi connectivity index (χ3v) is 4.82. The lowest BCUT2D eigenvalue weighted by Crippen LogP contribution is -2.25. The summed E-state index contributed by atoms with van der Waals surface area (Å²) >= 11 is 0. The van der Waals surface area contributed by atoms with Crippen molar-refractivity contribution >= 4 is 5.97 Å². The van der Waals surface area contributed by atoms with E-state index < -0.39 is 0 Å². The predicted molar refractivity (Wildman–Crippen MR) is 102 cm³/mol. The highest BCUT2D eigenvalue weighted by Crippen LogP contribution is 2.46. The molecule has 0 N–H and O–H groups in total. The average Bonchev–Trinajstić information content (AvgIpc) is 2.44. The van der Waals surface area contributed by atoms with Crippen LogP contribution in [0.2, 0.25) is 0 Å². The van der Waals surface area contributed by atoms with Crippen molar-refractivity contribution in [3.8, 4) is 5.75 Å². The van der Waals surface area contributed by atoms with Gasteiger partial charge in [-0.1, -0.05) is 60.6 Å². The maximum atomic E-state index is 12.4. The van der Waals surface area contributed by atoms with E-state index in [1.807, 2.05) is 13.8 Å². The number of carbonyl (C=O) groups is 1. The number of carbonyl (C=O) groups excluding carboxylic acids is 1. The third kappa shape index (κ3) is 3.75. The molecule has 0 bridgehead atoms. The Kier molecular flexibility index (Phi) is 5.09. The maximum absolute atomic E-state index is 12.4. The number of ether oxygens (including phenoxy) is 2. The van der Waals surface area contributed by atoms with Crippen LogP contribution < -0.4 is 4.74 Å². The van der Waals surface area contributed by atoms with Gasteiger partial charge in [-0.3, -0.25) is 0 Å². The Morgan fingerprint density at radius 3 is 2.20 bits per heavy atom. The maximum Gasteiger partial charge on any atom is 0.338 e. The van der Waals surface area contributed by atoms with Crippen LogP contribution in [0.3, 0.4) is 0 Å². The Morgan fingerprint density at radius 1 is 1.12 bits per heavy atom. The molecule has 0 aliphatic carbocycles. The van der Waals surface area contributed by atoms with E-state index in [9.17, 15) is 4.79 Å². The molecule has 0 saturated carbocycles. The van der Waals surface area contributed by atoms with Crippen LogP contribution in [0.5, 0.6) is 5.75 Å².